The third-order valence-electron chi connectivity index (χ3n) is 5.35. The maximum atomic E-state index is 11.1. The summed E-state index contributed by atoms with van der Waals surface area (Å²) < 4.78 is 5.37. The number of ether oxygens (including phenoxy) is 1. The number of aromatic nitrogens is 2. The number of nitrogens with zero attached hydrogens (tertiary/aromatic N) is 4. The number of piperidine rings is 1. The number of rotatable bonds is 3. The van der Waals surface area contributed by atoms with E-state index in [1.165, 1.54) is 6.33 Å². The van der Waals surface area contributed by atoms with Crippen molar-refractivity contribution < 1.29 is 14.6 Å². The fourth-order valence-electron chi connectivity index (χ4n) is 3.99. The second-order valence-corrected chi connectivity index (χ2v) is 6.65. The van der Waals surface area contributed by atoms with Crippen molar-refractivity contribution >= 4 is 6.09 Å². The van der Waals surface area contributed by atoms with Crippen LogP contribution in [0, 0.1) is 0 Å². The summed E-state index contributed by atoms with van der Waals surface area (Å²) in [5, 5.41) is 9.16. The first-order valence-corrected chi connectivity index (χ1v) is 8.75. The lowest BCUT2D eigenvalue weighted by Gasteiger charge is -2.37. The van der Waals surface area contributed by atoms with Crippen molar-refractivity contribution in [3.63, 3.8) is 0 Å². The molecule has 1 unspecified atom stereocenters. The lowest BCUT2D eigenvalue weighted by molar-refractivity contribution is 0.131. The molecule has 7 heteroatoms. The van der Waals surface area contributed by atoms with Gasteiger partial charge in [0.1, 0.15) is 6.33 Å². The Kier molecular flexibility index (Phi) is 5.50. The van der Waals surface area contributed by atoms with Gasteiger partial charge in [-0.1, -0.05) is 0 Å². The molecule has 0 bridgehead atoms. The molecule has 0 spiro atoms. The molecule has 0 aliphatic carbocycles. The van der Waals surface area contributed by atoms with Crippen molar-refractivity contribution in [2.45, 2.75) is 44.1 Å². The van der Waals surface area contributed by atoms with E-state index in [2.05, 4.69) is 14.9 Å². The molecule has 0 aromatic carbocycles. The monoisotopic (exact) mass is 334 g/mol. The van der Waals surface area contributed by atoms with Crippen LogP contribution < -0.4 is 4.74 Å². The number of carboxylic acid groups (broad SMARTS) is 1. The fraction of sp³-hybridized carbons (Fsp3) is 0.706. The molecule has 2 fully saturated rings. The maximum Gasteiger partial charge on any atom is 0.407 e. The van der Waals surface area contributed by atoms with Crippen LogP contribution in [0.2, 0.25) is 0 Å². The highest BCUT2D eigenvalue weighted by Gasteiger charge is 2.29. The van der Waals surface area contributed by atoms with Crippen molar-refractivity contribution in [2.24, 2.45) is 0 Å². The molecule has 1 N–H and O–H groups in total. The highest BCUT2D eigenvalue weighted by Crippen LogP contribution is 2.33. The average molecular weight is 334 g/mol. The zero-order valence-electron chi connectivity index (χ0n) is 14.2. The van der Waals surface area contributed by atoms with Crippen molar-refractivity contribution in [3.05, 3.63) is 18.1 Å². The minimum Gasteiger partial charge on any atom is -0.481 e. The number of methoxy groups -OCH3 is 1. The minimum atomic E-state index is -0.787. The van der Waals surface area contributed by atoms with E-state index >= 15 is 0 Å². The van der Waals surface area contributed by atoms with Gasteiger partial charge in [0, 0.05) is 30.9 Å². The van der Waals surface area contributed by atoms with Gasteiger partial charge < -0.3 is 19.6 Å². The molecular weight excluding hydrogens is 308 g/mol. The van der Waals surface area contributed by atoms with Gasteiger partial charge in [-0.3, -0.25) is 0 Å². The Hall–Kier alpha value is -1.89. The second-order valence-electron chi connectivity index (χ2n) is 6.65. The number of hydrogen-bond donors (Lipinski definition) is 1. The summed E-state index contributed by atoms with van der Waals surface area (Å²) in [5.74, 6) is 1.13. The zero-order valence-corrected chi connectivity index (χ0v) is 14.2. The lowest BCUT2D eigenvalue weighted by Crippen LogP contribution is -2.41. The van der Waals surface area contributed by atoms with Crippen LogP contribution in [0.4, 0.5) is 4.79 Å². The quantitative estimate of drug-likeness (QED) is 0.913. The molecule has 132 valence electrons. The molecule has 3 rings (SSSR count). The van der Waals surface area contributed by atoms with Gasteiger partial charge in [-0.2, -0.15) is 0 Å². The highest BCUT2D eigenvalue weighted by atomic mass is 16.5. The Balaban J connectivity index is 1.56. The molecule has 1 amide bonds. The van der Waals surface area contributed by atoms with Gasteiger partial charge in [0.15, 0.2) is 0 Å². The largest absolute Gasteiger partial charge is 0.481 e. The van der Waals surface area contributed by atoms with Gasteiger partial charge in [-0.05, 0) is 51.1 Å². The van der Waals surface area contributed by atoms with E-state index in [0.717, 1.165) is 50.8 Å². The first-order valence-electron chi connectivity index (χ1n) is 8.75. The summed E-state index contributed by atoms with van der Waals surface area (Å²) in [4.78, 5) is 23.6. The van der Waals surface area contributed by atoms with Crippen LogP contribution in [0.25, 0.3) is 0 Å². The molecular formula is C17H26N4O3. The molecule has 24 heavy (non-hydrogen) atoms. The minimum absolute atomic E-state index is 0.443. The van der Waals surface area contributed by atoms with Crippen LogP contribution in [0.1, 0.15) is 43.6 Å². The molecule has 2 aliphatic rings. The van der Waals surface area contributed by atoms with Gasteiger partial charge in [0.2, 0.25) is 5.88 Å². The number of likely N-dealkylation sites (tertiary alicyclic amines) is 2. The standard InChI is InChI=1S/C17H26N4O3/c1-24-16-15(11-18-12-19-16)13-4-8-20(9-5-13)14-3-2-7-21(10-6-14)17(22)23/h11-14H,2-10H2,1H3,(H,22,23). The molecule has 1 atom stereocenters. The Morgan fingerprint density at radius 1 is 1.21 bits per heavy atom. The Morgan fingerprint density at radius 3 is 2.71 bits per heavy atom. The predicted octanol–water partition coefficient (Wildman–Crippen LogP) is 2.20. The van der Waals surface area contributed by atoms with Crippen LogP contribution >= 0.6 is 0 Å². The van der Waals surface area contributed by atoms with Crippen molar-refractivity contribution in [1.29, 1.82) is 0 Å². The summed E-state index contributed by atoms with van der Waals surface area (Å²) in [7, 11) is 1.65. The molecule has 7 nitrogen and oxygen atoms in total. The van der Waals surface area contributed by atoms with Crippen LogP contribution in [-0.4, -0.2) is 70.3 Å². The topological polar surface area (TPSA) is 78.8 Å². The summed E-state index contributed by atoms with van der Waals surface area (Å²) in [6, 6.07) is 0.504. The zero-order chi connectivity index (χ0) is 16.9. The van der Waals surface area contributed by atoms with E-state index in [4.69, 9.17) is 9.84 Å². The van der Waals surface area contributed by atoms with E-state index in [0.29, 0.717) is 30.9 Å². The molecule has 1 aromatic heterocycles. The van der Waals surface area contributed by atoms with E-state index < -0.39 is 6.09 Å². The van der Waals surface area contributed by atoms with Gasteiger partial charge in [0.05, 0.1) is 7.11 Å². The second kappa shape index (κ2) is 7.79. The van der Waals surface area contributed by atoms with Crippen LogP contribution in [0.5, 0.6) is 5.88 Å². The van der Waals surface area contributed by atoms with E-state index in [9.17, 15) is 4.79 Å². The smallest absolute Gasteiger partial charge is 0.407 e. The SMILES string of the molecule is COc1ncncc1C1CCN(C2CCCN(C(=O)O)CC2)CC1. The molecule has 3 heterocycles. The summed E-state index contributed by atoms with van der Waals surface area (Å²) in [6.07, 6.45) is 7.74. The van der Waals surface area contributed by atoms with Gasteiger partial charge in [-0.15, -0.1) is 0 Å². The molecule has 2 aliphatic heterocycles. The van der Waals surface area contributed by atoms with E-state index in [1.807, 2.05) is 6.20 Å². The van der Waals surface area contributed by atoms with Crippen LogP contribution in [0.3, 0.4) is 0 Å². The normalized spacial score (nSPS) is 23.7. The Morgan fingerprint density at radius 2 is 2.00 bits per heavy atom. The highest BCUT2D eigenvalue weighted by molar-refractivity contribution is 5.64. The average Bonchev–Trinajstić information content (AvgIpc) is 2.88. The number of hydrogen-bond acceptors (Lipinski definition) is 5. The predicted molar refractivity (Wildman–Crippen MR) is 89.4 cm³/mol. The molecule has 0 saturated carbocycles. The lowest BCUT2D eigenvalue weighted by atomic mass is 9.89. The molecule has 1 aromatic rings. The van der Waals surface area contributed by atoms with Gasteiger partial charge >= 0.3 is 6.09 Å². The summed E-state index contributed by atoms with van der Waals surface area (Å²) in [6.45, 7) is 3.40. The van der Waals surface area contributed by atoms with E-state index in [1.54, 1.807) is 12.0 Å². The fourth-order valence-corrected chi connectivity index (χ4v) is 3.99. The Labute approximate surface area is 142 Å². The van der Waals surface area contributed by atoms with Gasteiger partial charge in [0.25, 0.3) is 0 Å². The number of carbonyl (C=O) groups is 1. The summed E-state index contributed by atoms with van der Waals surface area (Å²) >= 11 is 0. The van der Waals surface area contributed by atoms with Crippen LogP contribution in [-0.2, 0) is 0 Å². The molecule has 0 radical (unpaired) electrons. The first-order chi connectivity index (χ1) is 11.7. The third-order valence-corrected chi connectivity index (χ3v) is 5.35. The third kappa shape index (κ3) is 3.77. The first kappa shape index (κ1) is 17.0. The van der Waals surface area contributed by atoms with Gasteiger partial charge in [-0.25, -0.2) is 14.8 Å². The van der Waals surface area contributed by atoms with E-state index in [-0.39, 0.29) is 0 Å². The van der Waals surface area contributed by atoms with Crippen molar-refractivity contribution in [3.8, 4) is 5.88 Å². The Bertz CT molecular complexity index is 561. The summed E-state index contributed by atoms with van der Waals surface area (Å²) in [5.41, 5.74) is 1.11. The number of amides is 1. The van der Waals surface area contributed by atoms with Crippen molar-refractivity contribution in [1.82, 2.24) is 19.8 Å². The van der Waals surface area contributed by atoms with Crippen molar-refractivity contribution in [2.75, 3.05) is 33.3 Å². The van der Waals surface area contributed by atoms with Crippen LogP contribution in [0.15, 0.2) is 12.5 Å². The maximum absolute atomic E-state index is 11.1. The molecule has 2 saturated heterocycles.